The Kier molecular flexibility index (Phi) is 6.41. The van der Waals surface area contributed by atoms with Crippen LogP contribution in [-0.2, 0) is 0 Å². The van der Waals surface area contributed by atoms with Crippen LogP contribution >= 0.6 is 0 Å². The molecule has 2 unspecified atom stereocenters. The van der Waals surface area contributed by atoms with Gasteiger partial charge >= 0.3 is 0 Å². The monoisotopic (exact) mass is 251 g/mol. The molecule has 0 fully saturated rings. The van der Waals surface area contributed by atoms with Crippen LogP contribution in [0.3, 0.4) is 0 Å². The Morgan fingerprint density at radius 2 is 1.94 bits per heavy atom. The summed E-state index contributed by atoms with van der Waals surface area (Å²) >= 11 is 0. The zero-order chi connectivity index (χ0) is 13.5. The minimum Gasteiger partial charge on any atom is -0.308 e. The van der Waals surface area contributed by atoms with Gasteiger partial charge in [0.25, 0.3) is 0 Å². The van der Waals surface area contributed by atoms with Crippen LogP contribution in [0.5, 0.6) is 0 Å². The Labute approximate surface area is 112 Å². The summed E-state index contributed by atoms with van der Waals surface area (Å²) in [5.41, 5.74) is 1.33. The van der Waals surface area contributed by atoms with Gasteiger partial charge in [0.1, 0.15) is 0 Å². The van der Waals surface area contributed by atoms with Gasteiger partial charge in [0.15, 0.2) is 0 Å². The first-order valence-electron chi connectivity index (χ1n) is 7.38. The van der Waals surface area contributed by atoms with E-state index in [4.69, 9.17) is 0 Å². The summed E-state index contributed by atoms with van der Waals surface area (Å²) in [6.45, 7) is 12.3. The highest BCUT2D eigenvalue weighted by molar-refractivity contribution is 5.09. The van der Waals surface area contributed by atoms with Gasteiger partial charge in [0.05, 0.1) is 11.7 Å². The molecule has 2 atom stereocenters. The number of nitrogens with zero attached hydrogens (tertiary/aromatic N) is 2. The average Bonchev–Trinajstić information content (AvgIpc) is 2.79. The van der Waals surface area contributed by atoms with Crippen molar-refractivity contribution in [2.45, 2.75) is 66.0 Å². The molecule has 0 aliphatic carbocycles. The van der Waals surface area contributed by atoms with Crippen molar-refractivity contribution in [2.75, 3.05) is 6.54 Å². The molecule has 0 amide bonds. The van der Waals surface area contributed by atoms with Gasteiger partial charge in [-0.3, -0.25) is 4.68 Å². The minimum atomic E-state index is 0.426. The molecule has 3 nitrogen and oxygen atoms in total. The van der Waals surface area contributed by atoms with E-state index in [0.29, 0.717) is 18.0 Å². The van der Waals surface area contributed by atoms with Crippen LogP contribution in [0.25, 0.3) is 0 Å². The highest BCUT2D eigenvalue weighted by Crippen LogP contribution is 2.27. The molecule has 1 aromatic rings. The lowest BCUT2D eigenvalue weighted by Crippen LogP contribution is -2.30. The fourth-order valence-electron chi connectivity index (χ4n) is 2.52. The van der Waals surface area contributed by atoms with Crippen molar-refractivity contribution in [1.29, 1.82) is 0 Å². The van der Waals surface area contributed by atoms with E-state index in [1.807, 2.05) is 6.20 Å². The van der Waals surface area contributed by atoms with Crippen molar-refractivity contribution in [3.8, 4) is 0 Å². The maximum Gasteiger partial charge on any atom is 0.0559 e. The maximum absolute atomic E-state index is 4.46. The Balaban J connectivity index is 2.89. The third-order valence-corrected chi connectivity index (χ3v) is 3.44. The third-order valence-electron chi connectivity index (χ3n) is 3.44. The number of aromatic nitrogens is 2. The van der Waals surface area contributed by atoms with E-state index in [9.17, 15) is 0 Å². The summed E-state index contributed by atoms with van der Waals surface area (Å²) in [5.74, 6) is 0.649. The number of hydrogen-bond donors (Lipinski definition) is 1. The van der Waals surface area contributed by atoms with E-state index in [2.05, 4.69) is 55.8 Å². The minimum absolute atomic E-state index is 0.426. The molecule has 3 heteroatoms. The molecule has 18 heavy (non-hydrogen) atoms. The normalized spacial score (nSPS) is 15.0. The fraction of sp³-hybridized carbons (Fsp3) is 0.800. The molecule has 0 aliphatic rings. The van der Waals surface area contributed by atoms with Crippen molar-refractivity contribution in [3.05, 3.63) is 18.0 Å². The van der Waals surface area contributed by atoms with Gasteiger partial charge in [-0.1, -0.05) is 27.2 Å². The van der Waals surface area contributed by atoms with Gasteiger partial charge in [0.2, 0.25) is 0 Å². The highest BCUT2D eigenvalue weighted by Gasteiger charge is 2.22. The molecule has 0 saturated carbocycles. The molecule has 0 radical (unpaired) electrons. The fourth-order valence-corrected chi connectivity index (χ4v) is 2.52. The van der Waals surface area contributed by atoms with E-state index in [1.54, 1.807) is 0 Å². The summed E-state index contributed by atoms with van der Waals surface area (Å²) in [7, 11) is 0. The average molecular weight is 251 g/mol. The van der Waals surface area contributed by atoms with Gasteiger partial charge in [0, 0.05) is 12.2 Å². The molecular weight excluding hydrogens is 222 g/mol. The van der Waals surface area contributed by atoms with Crippen LogP contribution in [0, 0.1) is 5.92 Å². The molecule has 0 saturated heterocycles. The largest absolute Gasteiger partial charge is 0.308 e. The second kappa shape index (κ2) is 7.57. The van der Waals surface area contributed by atoms with Crippen molar-refractivity contribution in [3.63, 3.8) is 0 Å². The molecule has 0 spiro atoms. The predicted molar refractivity (Wildman–Crippen MR) is 77.7 cm³/mol. The Morgan fingerprint density at radius 1 is 1.22 bits per heavy atom. The SMILES string of the molecule is CCCNC(c1ccnn1C(C)C)C(C)CCC. The maximum atomic E-state index is 4.46. The second-order valence-electron chi connectivity index (χ2n) is 5.49. The summed E-state index contributed by atoms with van der Waals surface area (Å²) in [4.78, 5) is 0. The lowest BCUT2D eigenvalue weighted by molar-refractivity contribution is 0.334. The Bertz CT molecular complexity index is 330. The molecule has 104 valence electrons. The summed E-state index contributed by atoms with van der Waals surface area (Å²) in [6.07, 6.45) is 5.59. The summed E-state index contributed by atoms with van der Waals surface area (Å²) in [5, 5.41) is 8.15. The standard InChI is InChI=1S/C15H29N3/c1-6-8-13(5)15(16-10-7-2)14-9-11-17-18(14)12(3)4/h9,11-13,15-16H,6-8,10H2,1-5H3. The van der Waals surface area contributed by atoms with Crippen LogP contribution in [-0.4, -0.2) is 16.3 Å². The van der Waals surface area contributed by atoms with Crippen LogP contribution in [0.2, 0.25) is 0 Å². The quantitative estimate of drug-likeness (QED) is 0.758. The Morgan fingerprint density at radius 3 is 2.50 bits per heavy atom. The summed E-state index contributed by atoms with van der Waals surface area (Å²) in [6, 6.07) is 3.02. The zero-order valence-corrected chi connectivity index (χ0v) is 12.6. The van der Waals surface area contributed by atoms with Crippen molar-refractivity contribution in [1.82, 2.24) is 15.1 Å². The first-order valence-corrected chi connectivity index (χ1v) is 7.38. The van der Waals surface area contributed by atoms with E-state index < -0.39 is 0 Å². The van der Waals surface area contributed by atoms with Crippen LogP contribution in [0.1, 0.15) is 71.7 Å². The topological polar surface area (TPSA) is 29.9 Å². The number of rotatable bonds is 8. The van der Waals surface area contributed by atoms with Crippen LogP contribution in [0.4, 0.5) is 0 Å². The van der Waals surface area contributed by atoms with E-state index in [-0.39, 0.29) is 0 Å². The van der Waals surface area contributed by atoms with Crippen molar-refractivity contribution >= 4 is 0 Å². The molecular formula is C15H29N3. The first kappa shape index (κ1) is 15.2. The van der Waals surface area contributed by atoms with Gasteiger partial charge in [-0.05, 0) is 45.2 Å². The molecule has 0 bridgehead atoms. The molecule has 1 aromatic heterocycles. The lowest BCUT2D eigenvalue weighted by atomic mass is 9.94. The van der Waals surface area contributed by atoms with E-state index >= 15 is 0 Å². The van der Waals surface area contributed by atoms with Gasteiger partial charge in [-0.15, -0.1) is 0 Å². The summed E-state index contributed by atoms with van der Waals surface area (Å²) < 4.78 is 2.15. The first-order chi connectivity index (χ1) is 8.61. The van der Waals surface area contributed by atoms with Gasteiger partial charge in [-0.2, -0.15) is 5.10 Å². The second-order valence-corrected chi connectivity index (χ2v) is 5.49. The molecule has 1 N–H and O–H groups in total. The third kappa shape index (κ3) is 3.84. The highest BCUT2D eigenvalue weighted by atomic mass is 15.3. The molecule has 0 aromatic carbocycles. The zero-order valence-electron chi connectivity index (χ0n) is 12.6. The van der Waals surface area contributed by atoms with Crippen LogP contribution in [0.15, 0.2) is 12.3 Å². The van der Waals surface area contributed by atoms with Gasteiger partial charge in [-0.25, -0.2) is 0 Å². The van der Waals surface area contributed by atoms with E-state index in [1.165, 1.54) is 25.0 Å². The van der Waals surface area contributed by atoms with Crippen molar-refractivity contribution < 1.29 is 0 Å². The molecule has 0 aliphatic heterocycles. The smallest absolute Gasteiger partial charge is 0.0559 e. The Hall–Kier alpha value is -0.830. The number of nitrogens with one attached hydrogen (secondary N) is 1. The molecule has 1 heterocycles. The van der Waals surface area contributed by atoms with E-state index in [0.717, 1.165) is 6.54 Å². The lowest BCUT2D eigenvalue weighted by Gasteiger charge is -2.27. The van der Waals surface area contributed by atoms with Gasteiger partial charge < -0.3 is 5.32 Å². The van der Waals surface area contributed by atoms with Crippen LogP contribution < -0.4 is 5.32 Å². The molecule has 1 rings (SSSR count). The number of hydrogen-bond acceptors (Lipinski definition) is 2. The van der Waals surface area contributed by atoms with Crippen molar-refractivity contribution in [2.24, 2.45) is 5.92 Å². The predicted octanol–water partition coefficient (Wildman–Crippen LogP) is 3.94.